The first-order valence-electron chi connectivity index (χ1n) is 14.3. The summed E-state index contributed by atoms with van der Waals surface area (Å²) in [4.78, 5) is 13.0. The van der Waals surface area contributed by atoms with Gasteiger partial charge in [-0.2, -0.15) is 0 Å². The second-order valence-electron chi connectivity index (χ2n) is 10.1. The number of hydrogen-bond acceptors (Lipinski definition) is 8. The Morgan fingerprint density at radius 2 is 1.63 bits per heavy atom. The summed E-state index contributed by atoms with van der Waals surface area (Å²) in [6.45, 7) is 1.73. The van der Waals surface area contributed by atoms with Crippen LogP contribution in [0.5, 0.6) is 0 Å². The van der Waals surface area contributed by atoms with Crippen LogP contribution < -0.4 is 5.32 Å². The zero-order chi connectivity index (χ0) is 27.6. The van der Waals surface area contributed by atoms with Crippen molar-refractivity contribution in [1.29, 1.82) is 0 Å². The molecule has 38 heavy (non-hydrogen) atoms. The number of carbonyl (C=O) groups is 1. The SMILES string of the molecule is CCCCCCCCCCC[C@H](CC(=O)N[C@@H]1[C@@H](OCCO)O[C@H](CO)[C@@H](O)[C@@H]1O)OCc1ccccc1. The molecule has 6 atom stereocenters. The van der Waals surface area contributed by atoms with Crippen molar-refractivity contribution in [2.45, 2.75) is 121 Å². The van der Waals surface area contributed by atoms with Crippen LogP contribution in [0.1, 0.15) is 83.1 Å². The molecule has 0 saturated carbocycles. The van der Waals surface area contributed by atoms with Gasteiger partial charge in [0, 0.05) is 0 Å². The second kappa shape index (κ2) is 19.5. The van der Waals surface area contributed by atoms with Crippen LogP contribution in [0.25, 0.3) is 0 Å². The highest BCUT2D eigenvalue weighted by Gasteiger charge is 2.45. The number of hydrogen-bond donors (Lipinski definition) is 5. The van der Waals surface area contributed by atoms with E-state index in [-0.39, 0.29) is 31.6 Å². The standard InChI is InChI=1S/C29H49NO8/c1-2-3-4-5-6-7-8-9-13-16-23(37-21-22-14-11-10-12-15-22)19-25(33)30-26-28(35)27(34)24(20-32)38-29(26)36-18-17-31/h10-12,14-15,23-24,26-29,31-32,34-35H,2-9,13,16-21H2,1H3,(H,30,33)/t23-,24-,26+,27-,28-,29+/m1/s1. The summed E-state index contributed by atoms with van der Waals surface area (Å²) in [5, 5.41) is 42.2. The van der Waals surface area contributed by atoms with Crippen LogP contribution in [0.4, 0.5) is 0 Å². The molecule has 1 aromatic rings. The zero-order valence-corrected chi connectivity index (χ0v) is 22.9. The van der Waals surface area contributed by atoms with Crippen molar-refractivity contribution in [3.05, 3.63) is 35.9 Å². The molecule has 9 nitrogen and oxygen atoms in total. The molecule has 0 aromatic heterocycles. The number of rotatable bonds is 20. The van der Waals surface area contributed by atoms with Gasteiger partial charge in [-0.3, -0.25) is 4.79 Å². The Bertz CT molecular complexity index is 737. The van der Waals surface area contributed by atoms with Gasteiger partial charge < -0.3 is 40.0 Å². The van der Waals surface area contributed by atoms with Crippen molar-refractivity contribution in [2.75, 3.05) is 19.8 Å². The van der Waals surface area contributed by atoms with E-state index < -0.39 is 37.3 Å². The second-order valence-corrected chi connectivity index (χ2v) is 10.1. The van der Waals surface area contributed by atoms with E-state index in [9.17, 15) is 20.1 Å². The van der Waals surface area contributed by atoms with Gasteiger partial charge in [-0.1, -0.05) is 95.0 Å². The van der Waals surface area contributed by atoms with Gasteiger partial charge in [0.1, 0.15) is 24.4 Å². The molecule has 2 rings (SSSR count). The summed E-state index contributed by atoms with van der Waals surface area (Å²) < 4.78 is 17.1. The summed E-state index contributed by atoms with van der Waals surface area (Å²) in [6.07, 6.45) is 6.39. The molecule has 1 saturated heterocycles. The third kappa shape index (κ3) is 12.1. The first-order valence-corrected chi connectivity index (χ1v) is 14.3. The Labute approximate surface area is 227 Å². The lowest BCUT2D eigenvalue weighted by Crippen LogP contribution is -2.65. The van der Waals surface area contributed by atoms with E-state index in [1.54, 1.807) is 0 Å². The minimum absolute atomic E-state index is 0.0827. The molecule has 0 unspecified atom stereocenters. The molecule has 5 N–H and O–H groups in total. The smallest absolute Gasteiger partial charge is 0.223 e. The first-order chi connectivity index (χ1) is 18.5. The van der Waals surface area contributed by atoms with Crippen LogP contribution in [-0.2, 0) is 25.6 Å². The molecule has 9 heteroatoms. The maximum Gasteiger partial charge on any atom is 0.223 e. The largest absolute Gasteiger partial charge is 0.394 e. The van der Waals surface area contributed by atoms with Crippen molar-refractivity contribution in [2.24, 2.45) is 0 Å². The molecule has 1 amide bonds. The Morgan fingerprint density at radius 3 is 2.26 bits per heavy atom. The molecule has 0 spiro atoms. The number of unbranched alkanes of at least 4 members (excludes halogenated alkanes) is 8. The molecule has 1 aromatic carbocycles. The van der Waals surface area contributed by atoms with Crippen molar-refractivity contribution < 1.29 is 39.4 Å². The van der Waals surface area contributed by atoms with E-state index in [0.717, 1.165) is 24.8 Å². The molecule has 1 aliphatic heterocycles. The lowest BCUT2D eigenvalue weighted by atomic mass is 9.96. The van der Waals surface area contributed by atoms with E-state index >= 15 is 0 Å². The predicted molar refractivity (Wildman–Crippen MR) is 144 cm³/mol. The molecular formula is C29H49NO8. The normalized spacial score (nSPS) is 24.3. The van der Waals surface area contributed by atoms with E-state index in [1.165, 1.54) is 44.9 Å². The molecule has 0 aliphatic carbocycles. The Kier molecular flexibility index (Phi) is 16.7. The molecular weight excluding hydrogens is 490 g/mol. The Balaban J connectivity index is 1.90. The quantitative estimate of drug-likeness (QED) is 0.160. The van der Waals surface area contributed by atoms with Gasteiger partial charge >= 0.3 is 0 Å². The van der Waals surface area contributed by atoms with Crippen LogP contribution in [0.15, 0.2) is 30.3 Å². The number of nitrogens with one attached hydrogen (secondary N) is 1. The van der Waals surface area contributed by atoms with Gasteiger partial charge in [-0.05, 0) is 12.0 Å². The van der Waals surface area contributed by atoms with Crippen molar-refractivity contribution in [3.8, 4) is 0 Å². The highest BCUT2D eigenvalue weighted by Crippen LogP contribution is 2.23. The summed E-state index contributed by atoms with van der Waals surface area (Å²) in [6, 6.07) is 8.74. The Morgan fingerprint density at radius 1 is 0.974 bits per heavy atom. The molecule has 1 aliphatic rings. The minimum atomic E-state index is -1.41. The van der Waals surface area contributed by atoms with E-state index in [0.29, 0.717) is 6.61 Å². The van der Waals surface area contributed by atoms with Crippen molar-refractivity contribution in [1.82, 2.24) is 5.32 Å². The molecule has 1 fully saturated rings. The summed E-state index contributed by atoms with van der Waals surface area (Å²) in [7, 11) is 0. The monoisotopic (exact) mass is 539 g/mol. The van der Waals surface area contributed by atoms with Crippen LogP contribution in [0, 0.1) is 0 Å². The molecule has 0 bridgehead atoms. The van der Waals surface area contributed by atoms with Crippen LogP contribution in [0.3, 0.4) is 0 Å². The van der Waals surface area contributed by atoms with E-state index in [2.05, 4.69) is 12.2 Å². The highest BCUT2D eigenvalue weighted by molar-refractivity contribution is 5.77. The number of aliphatic hydroxyl groups is 4. The maximum absolute atomic E-state index is 13.0. The number of benzene rings is 1. The van der Waals surface area contributed by atoms with Gasteiger partial charge in [0.2, 0.25) is 5.91 Å². The average molecular weight is 540 g/mol. The van der Waals surface area contributed by atoms with E-state index in [1.807, 2.05) is 30.3 Å². The fourth-order valence-corrected chi connectivity index (χ4v) is 4.71. The topological polar surface area (TPSA) is 138 Å². The molecule has 0 radical (unpaired) electrons. The third-order valence-corrected chi connectivity index (χ3v) is 6.95. The number of carbonyl (C=O) groups excluding carboxylic acids is 1. The van der Waals surface area contributed by atoms with Crippen molar-refractivity contribution >= 4 is 5.91 Å². The zero-order valence-electron chi connectivity index (χ0n) is 22.9. The lowest BCUT2D eigenvalue weighted by molar-refractivity contribution is -0.271. The van der Waals surface area contributed by atoms with Crippen LogP contribution in [-0.4, -0.2) is 82.9 Å². The number of aliphatic hydroxyl groups excluding tert-OH is 4. The Hall–Kier alpha value is -1.59. The average Bonchev–Trinajstić information content (AvgIpc) is 2.93. The maximum atomic E-state index is 13.0. The summed E-state index contributed by atoms with van der Waals surface area (Å²) in [5.74, 6) is -0.362. The van der Waals surface area contributed by atoms with Gasteiger partial charge in [0.25, 0.3) is 0 Å². The summed E-state index contributed by atoms with van der Waals surface area (Å²) in [5.41, 5.74) is 1.02. The van der Waals surface area contributed by atoms with Gasteiger partial charge in [-0.15, -0.1) is 0 Å². The highest BCUT2D eigenvalue weighted by atomic mass is 16.7. The van der Waals surface area contributed by atoms with E-state index in [4.69, 9.17) is 19.3 Å². The number of ether oxygens (including phenoxy) is 3. The lowest BCUT2D eigenvalue weighted by Gasteiger charge is -2.42. The fourth-order valence-electron chi connectivity index (χ4n) is 4.71. The molecule has 218 valence electrons. The first kappa shape index (κ1) is 32.6. The van der Waals surface area contributed by atoms with Gasteiger partial charge in [0.05, 0.1) is 39.0 Å². The van der Waals surface area contributed by atoms with Gasteiger partial charge in [-0.25, -0.2) is 0 Å². The van der Waals surface area contributed by atoms with Crippen LogP contribution in [0.2, 0.25) is 0 Å². The van der Waals surface area contributed by atoms with Crippen molar-refractivity contribution in [3.63, 3.8) is 0 Å². The summed E-state index contributed by atoms with van der Waals surface area (Å²) >= 11 is 0. The third-order valence-electron chi connectivity index (χ3n) is 6.95. The van der Waals surface area contributed by atoms with Crippen LogP contribution >= 0.6 is 0 Å². The predicted octanol–water partition coefficient (Wildman–Crippen LogP) is 2.82. The minimum Gasteiger partial charge on any atom is -0.394 e. The number of amides is 1. The van der Waals surface area contributed by atoms with Gasteiger partial charge in [0.15, 0.2) is 6.29 Å². The fraction of sp³-hybridized carbons (Fsp3) is 0.759. The molecule has 1 heterocycles.